The summed E-state index contributed by atoms with van der Waals surface area (Å²) in [7, 11) is 0. The lowest BCUT2D eigenvalue weighted by molar-refractivity contribution is 0.247. The first-order chi connectivity index (χ1) is 8.24. The molecule has 2 amide bonds. The Morgan fingerprint density at radius 1 is 1.35 bits per heavy atom. The number of carbonyl (C=O) groups excluding carboxylic acids is 1. The molecule has 1 aliphatic rings. The van der Waals surface area contributed by atoms with E-state index in [9.17, 15) is 4.79 Å². The average Bonchev–Trinajstić information content (AvgIpc) is 2.53. The summed E-state index contributed by atoms with van der Waals surface area (Å²) in [5.41, 5.74) is 0. The number of rotatable bonds is 2. The number of nitrogens with zero attached hydrogens (tertiary/aromatic N) is 1. The van der Waals surface area contributed by atoms with Crippen molar-refractivity contribution < 1.29 is 9.32 Å². The van der Waals surface area contributed by atoms with E-state index in [1.54, 1.807) is 13.0 Å². The molecule has 1 saturated carbocycles. The molecule has 0 saturated heterocycles. The Kier molecular flexibility index (Phi) is 4.01. The second kappa shape index (κ2) is 5.70. The maximum Gasteiger partial charge on any atom is 0.320 e. The van der Waals surface area contributed by atoms with Crippen molar-refractivity contribution in [1.29, 1.82) is 0 Å². The lowest BCUT2D eigenvalue weighted by Gasteiger charge is -2.15. The van der Waals surface area contributed by atoms with Gasteiger partial charge in [-0.2, -0.15) is 0 Å². The maximum absolute atomic E-state index is 11.7. The van der Waals surface area contributed by atoms with Crippen LogP contribution in [0.2, 0.25) is 0 Å². The molecule has 0 spiro atoms. The zero-order valence-corrected chi connectivity index (χ0v) is 10.2. The summed E-state index contributed by atoms with van der Waals surface area (Å²) in [4.78, 5) is 11.7. The molecule has 5 nitrogen and oxygen atoms in total. The molecule has 2 N–H and O–H groups in total. The highest BCUT2D eigenvalue weighted by Gasteiger charge is 2.15. The second-order valence-electron chi connectivity index (χ2n) is 4.61. The third-order valence-electron chi connectivity index (χ3n) is 3.06. The smallest absolute Gasteiger partial charge is 0.320 e. The topological polar surface area (TPSA) is 67.2 Å². The zero-order valence-electron chi connectivity index (χ0n) is 10.2. The minimum atomic E-state index is -0.190. The van der Waals surface area contributed by atoms with Crippen molar-refractivity contribution in [2.24, 2.45) is 0 Å². The van der Waals surface area contributed by atoms with E-state index in [1.165, 1.54) is 25.7 Å². The molecule has 0 radical (unpaired) electrons. The van der Waals surface area contributed by atoms with Crippen LogP contribution in [0.3, 0.4) is 0 Å². The van der Waals surface area contributed by atoms with Gasteiger partial charge in [-0.15, -0.1) is 0 Å². The van der Waals surface area contributed by atoms with E-state index in [0.29, 0.717) is 17.6 Å². The van der Waals surface area contributed by atoms with Gasteiger partial charge in [-0.3, -0.25) is 5.32 Å². The van der Waals surface area contributed by atoms with E-state index in [4.69, 9.17) is 4.52 Å². The third-order valence-corrected chi connectivity index (χ3v) is 3.06. The first-order valence-corrected chi connectivity index (χ1v) is 6.25. The number of nitrogens with one attached hydrogen (secondary N) is 2. The van der Waals surface area contributed by atoms with Gasteiger partial charge in [-0.1, -0.05) is 30.8 Å². The fraction of sp³-hybridized carbons (Fsp3) is 0.667. The van der Waals surface area contributed by atoms with Gasteiger partial charge < -0.3 is 9.84 Å². The van der Waals surface area contributed by atoms with Crippen molar-refractivity contribution in [3.8, 4) is 0 Å². The molecule has 1 heterocycles. The Hall–Kier alpha value is -1.52. The summed E-state index contributed by atoms with van der Waals surface area (Å²) >= 11 is 0. The second-order valence-corrected chi connectivity index (χ2v) is 4.61. The molecule has 0 atom stereocenters. The van der Waals surface area contributed by atoms with Crippen LogP contribution in [0.4, 0.5) is 10.6 Å². The van der Waals surface area contributed by atoms with E-state index < -0.39 is 0 Å². The Morgan fingerprint density at radius 2 is 2.06 bits per heavy atom. The molecule has 1 aromatic heterocycles. The van der Waals surface area contributed by atoms with Crippen LogP contribution < -0.4 is 10.6 Å². The zero-order chi connectivity index (χ0) is 12.1. The van der Waals surface area contributed by atoms with Crippen molar-refractivity contribution in [1.82, 2.24) is 10.5 Å². The maximum atomic E-state index is 11.7. The minimum absolute atomic E-state index is 0.190. The van der Waals surface area contributed by atoms with Crippen LogP contribution >= 0.6 is 0 Å². The van der Waals surface area contributed by atoms with Crippen molar-refractivity contribution in [3.05, 3.63) is 11.8 Å². The van der Waals surface area contributed by atoms with Crippen LogP contribution in [0.15, 0.2) is 10.6 Å². The van der Waals surface area contributed by atoms with Gasteiger partial charge in [0.2, 0.25) is 0 Å². The molecule has 1 aromatic rings. The number of anilines is 1. The highest BCUT2D eigenvalue weighted by atomic mass is 16.5. The number of hydrogen-bond donors (Lipinski definition) is 2. The molecule has 5 heteroatoms. The van der Waals surface area contributed by atoms with Crippen LogP contribution in [-0.2, 0) is 0 Å². The fourth-order valence-corrected chi connectivity index (χ4v) is 2.19. The molecule has 0 aliphatic heterocycles. The van der Waals surface area contributed by atoms with Gasteiger partial charge in [0.25, 0.3) is 0 Å². The Morgan fingerprint density at radius 3 is 2.65 bits per heavy atom. The predicted octanol–water partition coefficient (Wildman–Crippen LogP) is 2.83. The summed E-state index contributed by atoms with van der Waals surface area (Å²) in [6.45, 7) is 1.79. The van der Waals surface area contributed by atoms with Gasteiger partial charge in [-0.25, -0.2) is 4.79 Å². The van der Waals surface area contributed by atoms with Gasteiger partial charge in [0.15, 0.2) is 5.82 Å². The van der Waals surface area contributed by atoms with Crippen LogP contribution in [0.1, 0.15) is 44.3 Å². The molecule has 2 rings (SSSR count). The molecule has 94 valence electrons. The number of amides is 2. The number of urea groups is 1. The normalized spacial score (nSPS) is 17.5. The van der Waals surface area contributed by atoms with E-state index >= 15 is 0 Å². The van der Waals surface area contributed by atoms with E-state index in [0.717, 1.165) is 12.8 Å². The lowest BCUT2D eigenvalue weighted by Crippen LogP contribution is -2.37. The Balaban J connectivity index is 1.80. The predicted molar refractivity (Wildman–Crippen MR) is 64.9 cm³/mol. The highest BCUT2D eigenvalue weighted by molar-refractivity contribution is 5.88. The average molecular weight is 237 g/mol. The van der Waals surface area contributed by atoms with E-state index in [2.05, 4.69) is 15.8 Å². The van der Waals surface area contributed by atoms with E-state index in [1.807, 2.05) is 0 Å². The molecule has 1 fully saturated rings. The summed E-state index contributed by atoms with van der Waals surface area (Å²) in [6, 6.07) is 1.81. The molecule has 17 heavy (non-hydrogen) atoms. The van der Waals surface area contributed by atoms with Gasteiger partial charge in [0, 0.05) is 12.1 Å². The van der Waals surface area contributed by atoms with Gasteiger partial charge in [0.05, 0.1) is 0 Å². The molecule has 0 unspecified atom stereocenters. The van der Waals surface area contributed by atoms with E-state index in [-0.39, 0.29) is 6.03 Å². The van der Waals surface area contributed by atoms with Gasteiger partial charge in [-0.05, 0) is 19.8 Å². The highest BCUT2D eigenvalue weighted by Crippen LogP contribution is 2.17. The quantitative estimate of drug-likeness (QED) is 0.777. The number of hydrogen-bond acceptors (Lipinski definition) is 3. The Bertz CT molecular complexity index is 368. The third kappa shape index (κ3) is 3.76. The van der Waals surface area contributed by atoms with Crippen LogP contribution in [-0.4, -0.2) is 17.2 Å². The monoisotopic (exact) mass is 237 g/mol. The first-order valence-electron chi connectivity index (χ1n) is 6.25. The number of carbonyl (C=O) groups is 1. The summed E-state index contributed by atoms with van der Waals surface area (Å²) in [5, 5.41) is 9.38. The van der Waals surface area contributed by atoms with Gasteiger partial charge >= 0.3 is 6.03 Å². The lowest BCUT2D eigenvalue weighted by atomic mass is 10.1. The summed E-state index contributed by atoms with van der Waals surface area (Å²) in [5.74, 6) is 1.16. The van der Waals surface area contributed by atoms with Gasteiger partial charge in [0.1, 0.15) is 5.76 Å². The van der Waals surface area contributed by atoms with Crippen LogP contribution in [0.5, 0.6) is 0 Å². The molecule has 1 aliphatic carbocycles. The minimum Gasteiger partial charge on any atom is -0.360 e. The molecule has 0 bridgehead atoms. The first kappa shape index (κ1) is 12.0. The largest absolute Gasteiger partial charge is 0.360 e. The van der Waals surface area contributed by atoms with Crippen molar-refractivity contribution >= 4 is 11.8 Å². The number of aromatic nitrogens is 1. The summed E-state index contributed by atoms with van der Waals surface area (Å²) in [6.07, 6.45) is 7.11. The SMILES string of the molecule is Cc1cc(NC(=O)NC2CCCCCC2)no1. The molecular formula is C12H19N3O2. The van der Waals surface area contributed by atoms with Crippen LogP contribution in [0.25, 0.3) is 0 Å². The Labute approximate surface area is 101 Å². The fourth-order valence-electron chi connectivity index (χ4n) is 2.19. The van der Waals surface area contributed by atoms with Crippen molar-refractivity contribution in [2.45, 2.75) is 51.5 Å². The molecule has 0 aromatic carbocycles. The summed E-state index contributed by atoms with van der Waals surface area (Å²) < 4.78 is 4.88. The number of aryl methyl sites for hydroxylation is 1. The van der Waals surface area contributed by atoms with Crippen LogP contribution in [0, 0.1) is 6.92 Å². The van der Waals surface area contributed by atoms with Crippen molar-refractivity contribution in [3.63, 3.8) is 0 Å². The van der Waals surface area contributed by atoms with Crippen molar-refractivity contribution in [2.75, 3.05) is 5.32 Å². The molecular weight excluding hydrogens is 218 g/mol. The standard InChI is InChI=1S/C12H19N3O2/c1-9-8-11(15-17-9)14-12(16)13-10-6-4-2-3-5-7-10/h8,10H,2-7H2,1H3,(H2,13,14,15,16).